The molecule has 0 aromatic heterocycles. The van der Waals surface area contributed by atoms with Crippen LogP contribution < -0.4 is 10.1 Å². The summed E-state index contributed by atoms with van der Waals surface area (Å²) in [6, 6.07) is 15.5. The van der Waals surface area contributed by atoms with Crippen LogP contribution in [0.1, 0.15) is 16.7 Å². The first kappa shape index (κ1) is 14.6. The largest absolute Gasteiger partial charge is 0.489 e. The van der Waals surface area contributed by atoms with Gasteiger partial charge in [-0.15, -0.1) is 0 Å². The lowest BCUT2D eigenvalue weighted by atomic mass is 10.1. The van der Waals surface area contributed by atoms with Gasteiger partial charge in [-0.3, -0.25) is 0 Å². The Hall–Kier alpha value is -1.83. The molecule has 1 N–H and O–H groups in total. The van der Waals surface area contributed by atoms with Crippen LogP contribution in [0.25, 0.3) is 0 Å². The molecule has 2 aromatic carbocycles. The fourth-order valence-corrected chi connectivity index (χ4v) is 2.25. The molecule has 0 aliphatic rings. The summed E-state index contributed by atoms with van der Waals surface area (Å²) >= 11 is 3.51. The minimum Gasteiger partial charge on any atom is -0.489 e. The van der Waals surface area contributed by atoms with Crippen molar-refractivity contribution >= 4 is 15.9 Å². The van der Waals surface area contributed by atoms with Gasteiger partial charge in [0.2, 0.25) is 0 Å². The van der Waals surface area contributed by atoms with Crippen LogP contribution in [0.2, 0.25) is 0 Å². The van der Waals surface area contributed by atoms with Crippen LogP contribution in [0, 0.1) is 11.3 Å². The number of halogens is 1. The number of nitrogens with zero attached hydrogens (tertiary/aromatic N) is 1. The Morgan fingerprint density at radius 2 is 2.10 bits per heavy atom. The Balaban J connectivity index is 2.07. The van der Waals surface area contributed by atoms with Gasteiger partial charge in [0, 0.05) is 11.0 Å². The van der Waals surface area contributed by atoms with Crippen LogP contribution in [-0.2, 0) is 13.2 Å². The summed E-state index contributed by atoms with van der Waals surface area (Å²) in [5, 5.41) is 12.0. The van der Waals surface area contributed by atoms with E-state index in [1.165, 1.54) is 0 Å². The zero-order valence-electron chi connectivity index (χ0n) is 11.2. The highest BCUT2D eigenvalue weighted by Crippen LogP contribution is 2.23. The Morgan fingerprint density at radius 1 is 1.25 bits per heavy atom. The van der Waals surface area contributed by atoms with E-state index in [0.29, 0.717) is 12.2 Å². The van der Waals surface area contributed by atoms with Crippen molar-refractivity contribution in [3.05, 3.63) is 63.6 Å². The van der Waals surface area contributed by atoms with Crippen molar-refractivity contribution < 1.29 is 4.74 Å². The third kappa shape index (κ3) is 3.83. The molecule has 2 aromatic rings. The van der Waals surface area contributed by atoms with Crippen LogP contribution in [0.4, 0.5) is 0 Å². The molecule has 102 valence electrons. The van der Waals surface area contributed by atoms with Gasteiger partial charge in [-0.2, -0.15) is 5.26 Å². The number of rotatable bonds is 5. The van der Waals surface area contributed by atoms with E-state index in [-0.39, 0.29) is 0 Å². The van der Waals surface area contributed by atoms with E-state index in [2.05, 4.69) is 27.3 Å². The second-order valence-electron chi connectivity index (χ2n) is 4.38. The van der Waals surface area contributed by atoms with Crippen LogP contribution >= 0.6 is 15.9 Å². The first-order valence-corrected chi connectivity index (χ1v) is 7.07. The van der Waals surface area contributed by atoms with Gasteiger partial charge in [0.25, 0.3) is 0 Å². The predicted octanol–water partition coefficient (Wildman–Crippen LogP) is 3.62. The highest BCUT2D eigenvalue weighted by molar-refractivity contribution is 9.10. The van der Waals surface area contributed by atoms with E-state index in [9.17, 15) is 0 Å². The normalized spacial score (nSPS) is 10.1. The van der Waals surface area contributed by atoms with Crippen molar-refractivity contribution in [2.24, 2.45) is 0 Å². The summed E-state index contributed by atoms with van der Waals surface area (Å²) in [5.74, 6) is 0.820. The molecule has 0 atom stereocenters. The van der Waals surface area contributed by atoms with Gasteiger partial charge in [0.05, 0.1) is 11.6 Å². The lowest BCUT2D eigenvalue weighted by Gasteiger charge is -2.10. The molecule has 2 rings (SSSR count). The van der Waals surface area contributed by atoms with E-state index in [1.54, 1.807) is 6.07 Å². The number of ether oxygens (including phenoxy) is 1. The first-order chi connectivity index (χ1) is 9.72. The van der Waals surface area contributed by atoms with Crippen LogP contribution in [-0.4, -0.2) is 7.05 Å². The summed E-state index contributed by atoms with van der Waals surface area (Å²) in [6.45, 7) is 1.23. The number of hydrogen-bond donors (Lipinski definition) is 1. The van der Waals surface area contributed by atoms with E-state index in [0.717, 1.165) is 27.9 Å². The van der Waals surface area contributed by atoms with E-state index < -0.39 is 0 Å². The van der Waals surface area contributed by atoms with Gasteiger partial charge in [0.15, 0.2) is 0 Å². The molecule has 4 heteroatoms. The first-order valence-electron chi connectivity index (χ1n) is 6.28. The van der Waals surface area contributed by atoms with Crippen molar-refractivity contribution in [3.8, 4) is 11.8 Å². The molecule has 0 heterocycles. The zero-order valence-corrected chi connectivity index (χ0v) is 12.8. The summed E-state index contributed by atoms with van der Waals surface area (Å²) in [7, 11) is 1.91. The van der Waals surface area contributed by atoms with Gasteiger partial charge >= 0.3 is 0 Å². The van der Waals surface area contributed by atoms with E-state index >= 15 is 0 Å². The topological polar surface area (TPSA) is 45.0 Å². The maximum atomic E-state index is 8.87. The summed E-state index contributed by atoms with van der Waals surface area (Å²) < 4.78 is 6.84. The third-order valence-electron chi connectivity index (χ3n) is 2.85. The number of benzene rings is 2. The van der Waals surface area contributed by atoms with Crippen molar-refractivity contribution in [3.63, 3.8) is 0 Å². The second kappa shape index (κ2) is 7.09. The van der Waals surface area contributed by atoms with Gasteiger partial charge in [0.1, 0.15) is 12.4 Å². The molecule has 0 amide bonds. The Kier molecular flexibility index (Phi) is 5.16. The summed E-state index contributed by atoms with van der Waals surface area (Å²) in [5.41, 5.74) is 2.79. The predicted molar refractivity (Wildman–Crippen MR) is 82.4 cm³/mol. The van der Waals surface area contributed by atoms with E-state index in [4.69, 9.17) is 10.00 Å². The summed E-state index contributed by atoms with van der Waals surface area (Å²) in [4.78, 5) is 0. The van der Waals surface area contributed by atoms with Crippen molar-refractivity contribution in [2.45, 2.75) is 13.2 Å². The molecule has 0 saturated heterocycles. The number of nitrogens with one attached hydrogen (secondary N) is 1. The molecule has 0 aliphatic heterocycles. The monoisotopic (exact) mass is 330 g/mol. The fourth-order valence-electron chi connectivity index (χ4n) is 1.86. The van der Waals surface area contributed by atoms with Crippen molar-refractivity contribution in [1.29, 1.82) is 5.26 Å². The molecule has 0 fully saturated rings. The molecule has 3 nitrogen and oxygen atoms in total. The van der Waals surface area contributed by atoms with Gasteiger partial charge in [-0.25, -0.2) is 0 Å². The lowest BCUT2D eigenvalue weighted by molar-refractivity contribution is 0.306. The Morgan fingerprint density at radius 3 is 2.85 bits per heavy atom. The molecule has 0 unspecified atom stereocenters. The van der Waals surface area contributed by atoms with Gasteiger partial charge < -0.3 is 10.1 Å². The number of hydrogen-bond acceptors (Lipinski definition) is 3. The molecule has 0 aliphatic carbocycles. The summed E-state index contributed by atoms with van der Waals surface area (Å²) in [6.07, 6.45) is 0. The van der Waals surface area contributed by atoms with E-state index in [1.807, 2.05) is 43.4 Å². The number of nitriles is 1. The molecule has 0 spiro atoms. The average Bonchev–Trinajstić information content (AvgIpc) is 2.48. The minimum atomic E-state index is 0.455. The molecular weight excluding hydrogens is 316 g/mol. The maximum absolute atomic E-state index is 8.87. The SMILES string of the molecule is CNCc1cc(OCc2cccc(C#N)c2)ccc1Br. The van der Waals surface area contributed by atoms with Crippen molar-refractivity contribution in [1.82, 2.24) is 5.32 Å². The molecule has 0 bridgehead atoms. The molecule has 0 radical (unpaired) electrons. The van der Waals surface area contributed by atoms with Gasteiger partial charge in [-0.05, 0) is 48.5 Å². The Labute approximate surface area is 127 Å². The van der Waals surface area contributed by atoms with Gasteiger partial charge in [-0.1, -0.05) is 28.1 Å². The Bertz CT molecular complexity index is 635. The molecular formula is C16H15BrN2O. The highest BCUT2D eigenvalue weighted by Gasteiger charge is 2.03. The maximum Gasteiger partial charge on any atom is 0.120 e. The average molecular weight is 331 g/mol. The van der Waals surface area contributed by atoms with Crippen LogP contribution in [0.5, 0.6) is 5.75 Å². The minimum absolute atomic E-state index is 0.455. The standard InChI is InChI=1S/C16H15BrN2O/c1-19-10-14-8-15(5-6-16(14)17)20-11-13-4-2-3-12(7-13)9-18/h2-8,19H,10-11H2,1H3. The second-order valence-corrected chi connectivity index (χ2v) is 5.24. The molecule has 0 saturated carbocycles. The lowest BCUT2D eigenvalue weighted by Crippen LogP contribution is -2.06. The zero-order chi connectivity index (χ0) is 14.4. The van der Waals surface area contributed by atoms with Crippen molar-refractivity contribution in [2.75, 3.05) is 7.05 Å². The third-order valence-corrected chi connectivity index (χ3v) is 3.62. The van der Waals surface area contributed by atoms with Crippen LogP contribution in [0.15, 0.2) is 46.9 Å². The quantitative estimate of drug-likeness (QED) is 0.910. The smallest absolute Gasteiger partial charge is 0.120 e. The van der Waals surface area contributed by atoms with Crippen LogP contribution in [0.3, 0.4) is 0 Å². The molecule has 20 heavy (non-hydrogen) atoms. The highest BCUT2D eigenvalue weighted by atomic mass is 79.9. The fraction of sp³-hybridized carbons (Fsp3) is 0.188.